The number of benzene rings is 1. The van der Waals surface area contributed by atoms with Crippen LogP contribution in [0.15, 0.2) is 24.3 Å². The number of halogens is 1. The molecule has 0 unspecified atom stereocenters. The van der Waals surface area contributed by atoms with Crippen LogP contribution >= 0.6 is 23.7 Å². The van der Waals surface area contributed by atoms with Crippen LogP contribution in [0.2, 0.25) is 0 Å². The van der Waals surface area contributed by atoms with Crippen LogP contribution < -0.4 is 11.1 Å². The maximum Gasteiger partial charge on any atom is 0.240 e. The van der Waals surface area contributed by atoms with Gasteiger partial charge in [0.15, 0.2) is 5.13 Å². The largest absolute Gasteiger partial charge is 0.330 e. The molecular weight excluding hydrogens is 320 g/mol. The average molecular weight is 343 g/mol. The summed E-state index contributed by atoms with van der Waals surface area (Å²) in [7, 11) is 1.93. The first-order valence-electron chi connectivity index (χ1n) is 6.94. The highest BCUT2D eigenvalue weighted by Crippen LogP contribution is 2.25. The van der Waals surface area contributed by atoms with Crippen molar-refractivity contribution in [2.75, 3.05) is 32.0 Å². The number of fused-ring (bicyclic) bond motifs is 1. The first kappa shape index (κ1) is 18.8. The Labute approximate surface area is 141 Å². The number of rotatable bonds is 6. The summed E-state index contributed by atoms with van der Waals surface area (Å²) >= 11 is 1.49. The Hall–Kier alpha value is -1.21. The number of carbonyl (C=O) groups excluding carboxylic acids is 1. The van der Waals surface area contributed by atoms with Crippen molar-refractivity contribution in [1.29, 1.82) is 0 Å². The quantitative estimate of drug-likeness (QED) is 0.846. The van der Waals surface area contributed by atoms with Gasteiger partial charge >= 0.3 is 0 Å². The number of hydrogen-bond donors (Lipinski definition) is 2. The Kier molecular flexibility index (Phi) is 6.74. The van der Waals surface area contributed by atoms with Gasteiger partial charge in [-0.3, -0.25) is 9.69 Å². The molecule has 1 heterocycles. The Bertz CT molecular complexity index is 596. The summed E-state index contributed by atoms with van der Waals surface area (Å²) in [5.41, 5.74) is 6.63. The van der Waals surface area contributed by atoms with Crippen LogP contribution in [0.3, 0.4) is 0 Å². The molecule has 7 heteroatoms. The van der Waals surface area contributed by atoms with Gasteiger partial charge in [0.05, 0.1) is 16.8 Å². The van der Waals surface area contributed by atoms with E-state index in [1.165, 1.54) is 11.3 Å². The molecule has 0 fully saturated rings. The van der Waals surface area contributed by atoms with Crippen LogP contribution in [0, 0.1) is 5.41 Å². The van der Waals surface area contributed by atoms with E-state index in [9.17, 15) is 4.79 Å². The van der Waals surface area contributed by atoms with Crippen molar-refractivity contribution in [3.05, 3.63) is 24.3 Å². The van der Waals surface area contributed by atoms with Crippen LogP contribution in [0.5, 0.6) is 0 Å². The van der Waals surface area contributed by atoms with Gasteiger partial charge in [0, 0.05) is 6.54 Å². The maximum atomic E-state index is 12.1. The van der Waals surface area contributed by atoms with E-state index in [1.54, 1.807) is 0 Å². The smallest absolute Gasteiger partial charge is 0.240 e. The molecule has 0 atom stereocenters. The lowest BCUT2D eigenvalue weighted by Gasteiger charge is -2.28. The third-order valence-corrected chi connectivity index (χ3v) is 4.16. The average Bonchev–Trinajstić information content (AvgIpc) is 2.79. The zero-order valence-corrected chi connectivity index (χ0v) is 14.8. The minimum absolute atomic E-state index is 0. The van der Waals surface area contributed by atoms with E-state index in [1.807, 2.05) is 36.2 Å². The molecule has 2 aromatic rings. The van der Waals surface area contributed by atoms with Crippen molar-refractivity contribution in [3.8, 4) is 0 Å². The third kappa shape index (κ3) is 5.21. The molecule has 3 N–H and O–H groups in total. The Morgan fingerprint density at radius 2 is 2.09 bits per heavy atom. The van der Waals surface area contributed by atoms with E-state index in [-0.39, 0.29) is 23.7 Å². The molecule has 0 bridgehead atoms. The fraction of sp³-hybridized carbons (Fsp3) is 0.467. The predicted octanol–water partition coefficient (Wildman–Crippen LogP) is 2.57. The number of hydrogen-bond acceptors (Lipinski definition) is 5. The zero-order chi connectivity index (χ0) is 15.5. The second-order valence-electron chi connectivity index (χ2n) is 6.08. The van der Waals surface area contributed by atoms with Crippen molar-refractivity contribution >= 4 is 45.0 Å². The normalized spacial score (nSPS) is 11.5. The Morgan fingerprint density at radius 1 is 1.41 bits per heavy atom. The highest BCUT2D eigenvalue weighted by atomic mass is 35.5. The van der Waals surface area contributed by atoms with Gasteiger partial charge in [0.2, 0.25) is 5.91 Å². The standard InChI is InChI=1S/C15H22N4OS.ClH/c1-15(2,9-16)10-19(3)8-13(20)18-14-17-11-6-4-5-7-12(11)21-14;/h4-7H,8-10,16H2,1-3H3,(H,17,18,20);1H. The zero-order valence-electron chi connectivity index (χ0n) is 13.1. The van der Waals surface area contributed by atoms with Crippen molar-refractivity contribution < 1.29 is 4.79 Å². The molecule has 0 radical (unpaired) electrons. The fourth-order valence-electron chi connectivity index (χ4n) is 2.18. The van der Waals surface area contributed by atoms with Crippen LogP contribution in [-0.2, 0) is 4.79 Å². The molecule has 22 heavy (non-hydrogen) atoms. The summed E-state index contributed by atoms with van der Waals surface area (Å²) in [5.74, 6) is -0.0515. The number of anilines is 1. The fourth-order valence-corrected chi connectivity index (χ4v) is 3.06. The second-order valence-corrected chi connectivity index (χ2v) is 7.11. The predicted molar refractivity (Wildman–Crippen MR) is 95.8 cm³/mol. The monoisotopic (exact) mass is 342 g/mol. The summed E-state index contributed by atoms with van der Waals surface area (Å²) < 4.78 is 1.07. The van der Waals surface area contributed by atoms with Gasteiger partial charge in [-0.05, 0) is 31.1 Å². The number of nitrogens with one attached hydrogen (secondary N) is 1. The number of thiazole rings is 1. The molecule has 1 aromatic heterocycles. The number of amides is 1. The van der Waals surface area contributed by atoms with E-state index < -0.39 is 0 Å². The van der Waals surface area contributed by atoms with E-state index in [0.717, 1.165) is 16.8 Å². The summed E-state index contributed by atoms with van der Waals surface area (Å²) in [5, 5.41) is 3.51. The number of para-hydroxylation sites is 1. The number of nitrogens with zero attached hydrogens (tertiary/aromatic N) is 2. The van der Waals surface area contributed by atoms with Gasteiger partial charge in [-0.15, -0.1) is 12.4 Å². The molecule has 0 aliphatic heterocycles. The van der Waals surface area contributed by atoms with Crippen molar-refractivity contribution in [3.63, 3.8) is 0 Å². The third-order valence-electron chi connectivity index (χ3n) is 3.20. The molecule has 2 rings (SSSR count). The Morgan fingerprint density at radius 3 is 2.73 bits per heavy atom. The number of carbonyl (C=O) groups is 1. The van der Waals surface area contributed by atoms with Gasteiger partial charge in [-0.2, -0.15) is 0 Å². The highest BCUT2D eigenvalue weighted by molar-refractivity contribution is 7.22. The lowest BCUT2D eigenvalue weighted by atomic mass is 9.93. The highest BCUT2D eigenvalue weighted by Gasteiger charge is 2.19. The van der Waals surface area contributed by atoms with Crippen molar-refractivity contribution in [2.24, 2.45) is 11.1 Å². The molecule has 122 valence electrons. The first-order chi connectivity index (χ1) is 9.89. The summed E-state index contributed by atoms with van der Waals surface area (Å²) in [6.45, 7) is 5.89. The molecule has 1 aromatic carbocycles. The lowest BCUT2D eigenvalue weighted by Crippen LogP contribution is -2.40. The van der Waals surface area contributed by atoms with Gasteiger partial charge in [-0.1, -0.05) is 37.3 Å². The molecule has 0 aliphatic carbocycles. The van der Waals surface area contributed by atoms with Gasteiger partial charge < -0.3 is 11.1 Å². The van der Waals surface area contributed by atoms with Crippen molar-refractivity contribution in [2.45, 2.75) is 13.8 Å². The molecule has 0 aliphatic rings. The van der Waals surface area contributed by atoms with Crippen LogP contribution in [-0.4, -0.2) is 42.5 Å². The number of likely N-dealkylation sites (N-methyl/N-ethyl adjacent to an activating group) is 1. The van der Waals surface area contributed by atoms with Crippen LogP contribution in [0.4, 0.5) is 5.13 Å². The summed E-state index contributed by atoms with van der Waals surface area (Å²) in [6.07, 6.45) is 0. The van der Waals surface area contributed by atoms with Gasteiger partial charge in [-0.25, -0.2) is 4.98 Å². The first-order valence-corrected chi connectivity index (χ1v) is 7.75. The molecule has 1 amide bonds. The van der Waals surface area contributed by atoms with Crippen molar-refractivity contribution in [1.82, 2.24) is 9.88 Å². The Balaban J connectivity index is 0.00000242. The molecule has 0 saturated carbocycles. The topological polar surface area (TPSA) is 71.2 Å². The summed E-state index contributed by atoms with van der Waals surface area (Å²) in [6, 6.07) is 7.85. The number of nitrogens with two attached hydrogens (primary N) is 1. The van der Waals surface area contributed by atoms with Gasteiger partial charge in [0.1, 0.15) is 0 Å². The van der Waals surface area contributed by atoms with Gasteiger partial charge in [0.25, 0.3) is 0 Å². The minimum Gasteiger partial charge on any atom is -0.330 e. The molecule has 5 nitrogen and oxygen atoms in total. The van der Waals surface area contributed by atoms with E-state index in [0.29, 0.717) is 18.2 Å². The SMILES string of the molecule is CN(CC(=O)Nc1nc2ccccc2s1)CC(C)(C)CN.Cl. The van der Waals surface area contributed by atoms with E-state index in [2.05, 4.69) is 24.1 Å². The maximum absolute atomic E-state index is 12.1. The number of aromatic nitrogens is 1. The van der Waals surface area contributed by atoms with E-state index in [4.69, 9.17) is 5.73 Å². The summed E-state index contributed by atoms with van der Waals surface area (Å²) in [4.78, 5) is 18.4. The molecule has 0 spiro atoms. The van der Waals surface area contributed by atoms with E-state index >= 15 is 0 Å². The second kappa shape index (κ2) is 7.87. The lowest BCUT2D eigenvalue weighted by molar-refractivity contribution is -0.117. The minimum atomic E-state index is -0.0515. The molecular formula is C15H23ClN4OS. The molecule has 0 saturated heterocycles. The van der Waals surface area contributed by atoms with Crippen LogP contribution in [0.25, 0.3) is 10.2 Å². The van der Waals surface area contributed by atoms with Crippen LogP contribution in [0.1, 0.15) is 13.8 Å².